The summed E-state index contributed by atoms with van der Waals surface area (Å²) >= 11 is 0. The smallest absolute Gasteiger partial charge is 0.504 e. The third kappa shape index (κ3) is 4.94. The van der Waals surface area contributed by atoms with Gasteiger partial charge in [0.1, 0.15) is 11.4 Å². The first kappa shape index (κ1) is 29.6. The van der Waals surface area contributed by atoms with E-state index in [1.807, 2.05) is 13.1 Å². The van der Waals surface area contributed by atoms with Crippen LogP contribution in [0.1, 0.15) is 57.6 Å². The van der Waals surface area contributed by atoms with Crippen LogP contribution < -0.4 is 10.1 Å². The molecule has 0 saturated carbocycles. The van der Waals surface area contributed by atoms with Crippen LogP contribution in [0.3, 0.4) is 0 Å². The summed E-state index contributed by atoms with van der Waals surface area (Å²) in [6.45, 7) is 5.22. The van der Waals surface area contributed by atoms with Gasteiger partial charge in [-0.3, -0.25) is 14.4 Å². The number of hydrogen-bond acceptors (Lipinski definition) is 11. The molecule has 2 aliphatic heterocycles. The van der Waals surface area contributed by atoms with Crippen molar-refractivity contribution in [2.75, 3.05) is 20.1 Å². The molecule has 2 heterocycles. The number of nitrogens with one attached hydrogen (secondary N) is 1. The van der Waals surface area contributed by atoms with Gasteiger partial charge in [0.05, 0.1) is 23.9 Å². The highest BCUT2D eigenvalue weighted by Gasteiger charge is 2.72. The van der Waals surface area contributed by atoms with E-state index in [9.17, 15) is 29.4 Å². The number of phenols is 1. The molecular weight excluding hydrogens is 552 g/mol. The number of aromatic hydroxyl groups is 1. The number of piperidine rings is 1. The Kier molecular flexibility index (Phi) is 7.38. The summed E-state index contributed by atoms with van der Waals surface area (Å²) < 4.78 is 21.9. The number of likely N-dealkylation sites (tertiary alicyclic amines) is 1. The van der Waals surface area contributed by atoms with Gasteiger partial charge in [0, 0.05) is 24.6 Å². The maximum atomic E-state index is 12.9. The lowest BCUT2D eigenvalue weighted by molar-refractivity contribution is -0.169. The zero-order valence-electron chi connectivity index (χ0n) is 24.0. The van der Waals surface area contributed by atoms with Crippen LogP contribution >= 0.6 is 0 Å². The number of rotatable bonds is 8. The van der Waals surface area contributed by atoms with Gasteiger partial charge in [-0.15, -0.1) is 0 Å². The van der Waals surface area contributed by atoms with Crippen LogP contribution in [0.2, 0.25) is 0 Å². The molecule has 13 nitrogen and oxygen atoms in total. The number of phenolic OH excluding ortho intramolecular Hbond substituents is 1. The average Bonchev–Trinajstić information content (AvgIpc) is 3.24. The molecule has 1 spiro atoms. The molecule has 4 aliphatic rings. The molecule has 4 N–H and O–H groups in total. The Bertz CT molecular complexity index is 1350. The lowest BCUT2D eigenvalue weighted by Crippen LogP contribution is -2.74. The van der Waals surface area contributed by atoms with Crippen molar-refractivity contribution in [1.29, 1.82) is 0 Å². The minimum absolute atomic E-state index is 0.0462. The predicted molar refractivity (Wildman–Crippen MR) is 144 cm³/mol. The molecule has 1 aromatic carbocycles. The number of benzene rings is 1. The summed E-state index contributed by atoms with van der Waals surface area (Å²) in [5.74, 6) is -2.50. The van der Waals surface area contributed by atoms with Crippen LogP contribution in [0.4, 0.5) is 4.79 Å². The van der Waals surface area contributed by atoms with Gasteiger partial charge in [-0.2, -0.15) is 0 Å². The number of hydrogen-bond donors (Lipinski definition) is 4. The first-order valence-corrected chi connectivity index (χ1v) is 13.9. The largest absolute Gasteiger partial charge is 0.509 e. The summed E-state index contributed by atoms with van der Waals surface area (Å²) in [6, 6.07) is 3.24. The molecule has 42 heavy (non-hydrogen) atoms. The van der Waals surface area contributed by atoms with Gasteiger partial charge in [0.25, 0.3) is 5.91 Å². The molecule has 1 aromatic rings. The minimum atomic E-state index is -1.66. The normalized spacial score (nSPS) is 28.0. The fourth-order valence-electron chi connectivity index (χ4n) is 6.76. The predicted octanol–water partition coefficient (Wildman–Crippen LogP) is 1.51. The Labute approximate surface area is 242 Å². The Morgan fingerprint density at radius 3 is 2.67 bits per heavy atom. The number of carboxylic acid groups (broad SMARTS) is 1. The van der Waals surface area contributed by atoms with Crippen molar-refractivity contribution >= 4 is 24.0 Å². The quantitative estimate of drug-likeness (QED) is 0.322. The summed E-state index contributed by atoms with van der Waals surface area (Å²) in [5, 5.41) is 34.3. The fraction of sp³-hybridized carbons (Fsp3) is 0.586. The summed E-state index contributed by atoms with van der Waals surface area (Å²) in [4.78, 5) is 50.8. The van der Waals surface area contributed by atoms with Crippen LogP contribution in [0.5, 0.6) is 11.5 Å². The summed E-state index contributed by atoms with van der Waals surface area (Å²) in [7, 11) is 1.97. The van der Waals surface area contributed by atoms with Gasteiger partial charge in [-0.25, -0.2) is 4.79 Å². The van der Waals surface area contributed by atoms with E-state index >= 15 is 0 Å². The number of likely N-dealkylation sites (N-methyl/N-ethyl adjacent to an activating group) is 1. The number of carbonyl (C=O) groups is 4. The van der Waals surface area contributed by atoms with Crippen molar-refractivity contribution in [3.63, 3.8) is 0 Å². The standard InChI is InChI=1S/C29H36N2O11/c1-27(2,3)42-26(37)40-18(14-20(33)34)25(36)30-11-8-21(35)39-17-7-9-29(38)19-13-15-5-6-16(32)23-22(15)28(29,24(17)41-23)10-12-31(19)4/h5-7,18-19,24,32,38H,8-14H2,1-4H3,(H,30,36)(H,33,34)/t18?,19-,24+,28+,29-/m1/s1. The van der Waals surface area contributed by atoms with Gasteiger partial charge >= 0.3 is 18.1 Å². The molecule has 0 radical (unpaired) electrons. The second-order valence-electron chi connectivity index (χ2n) is 12.3. The lowest BCUT2D eigenvalue weighted by atomic mass is 9.50. The number of carboxylic acids is 1. The second kappa shape index (κ2) is 10.5. The monoisotopic (exact) mass is 588 g/mol. The second-order valence-corrected chi connectivity index (χ2v) is 12.3. The molecule has 1 saturated heterocycles. The van der Waals surface area contributed by atoms with Crippen LogP contribution in [0, 0.1) is 0 Å². The topological polar surface area (TPSA) is 181 Å². The fourth-order valence-corrected chi connectivity index (χ4v) is 6.76. The Balaban J connectivity index is 1.26. The Hall–Kier alpha value is -3.84. The van der Waals surface area contributed by atoms with Crippen LogP contribution in [0.25, 0.3) is 0 Å². The van der Waals surface area contributed by atoms with Crippen molar-refractivity contribution in [1.82, 2.24) is 10.2 Å². The van der Waals surface area contributed by atoms with Crippen LogP contribution in [0.15, 0.2) is 24.0 Å². The third-order valence-electron chi connectivity index (χ3n) is 8.49. The van der Waals surface area contributed by atoms with E-state index in [0.717, 1.165) is 11.1 Å². The van der Waals surface area contributed by atoms with Crippen molar-refractivity contribution < 1.29 is 53.4 Å². The van der Waals surface area contributed by atoms with E-state index in [2.05, 4.69) is 10.2 Å². The molecule has 0 aromatic heterocycles. The van der Waals surface area contributed by atoms with Gasteiger partial charge in [-0.1, -0.05) is 6.07 Å². The minimum Gasteiger partial charge on any atom is -0.504 e. The van der Waals surface area contributed by atoms with Gasteiger partial charge < -0.3 is 44.5 Å². The number of aliphatic carboxylic acids is 1. The van der Waals surface area contributed by atoms with E-state index in [-0.39, 0.29) is 36.9 Å². The van der Waals surface area contributed by atoms with Crippen molar-refractivity contribution in [2.45, 2.75) is 87.7 Å². The highest BCUT2D eigenvalue weighted by atomic mass is 16.7. The summed E-state index contributed by atoms with van der Waals surface area (Å²) in [5.41, 5.74) is -1.28. The molecule has 5 atom stereocenters. The van der Waals surface area contributed by atoms with Crippen LogP contribution in [-0.2, 0) is 40.4 Å². The highest BCUT2D eigenvalue weighted by Crippen LogP contribution is 2.65. The molecule has 1 unspecified atom stereocenters. The van der Waals surface area contributed by atoms with Crippen molar-refractivity contribution in [2.24, 2.45) is 0 Å². The number of carbonyl (C=O) groups excluding carboxylic acids is 3. The maximum absolute atomic E-state index is 12.9. The van der Waals surface area contributed by atoms with Gasteiger partial charge in [0.2, 0.25) is 0 Å². The molecule has 13 heteroatoms. The molecule has 2 bridgehead atoms. The van der Waals surface area contributed by atoms with E-state index in [1.165, 1.54) is 0 Å². The number of esters is 1. The van der Waals surface area contributed by atoms with Gasteiger partial charge in [0.15, 0.2) is 23.7 Å². The number of aliphatic hydroxyl groups is 1. The molecule has 2 aliphatic carbocycles. The Morgan fingerprint density at radius 1 is 1.24 bits per heavy atom. The average molecular weight is 589 g/mol. The summed E-state index contributed by atoms with van der Waals surface area (Å²) in [6.07, 6.45) is -1.79. The zero-order chi connectivity index (χ0) is 30.6. The maximum Gasteiger partial charge on any atom is 0.509 e. The zero-order valence-corrected chi connectivity index (χ0v) is 24.0. The molecular formula is C29H36N2O11. The number of ether oxygens (including phenoxy) is 4. The van der Waals surface area contributed by atoms with E-state index < -0.39 is 59.2 Å². The van der Waals surface area contributed by atoms with E-state index in [1.54, 1.807) is 32.9 Å². The number of nitrogens with zero attached hydrogens (tertiary/aromatic N) is 1. The third-order valence-corrected chi connectivity index (χ3v) is 8.49. The van der Waals surface area contributed by atoms with Crippen LogP contribution in [-0.4, -0.2) is 93.8 Å². The first-order valence-electron chi connectivity index (χ1n) is 13.9. The molecule has 5 rings (SSSR count). The SMILES string of the molecule is CN1CC[C@]23c4c5ccc(O)c4O[C@H]2C(OC(=O)CCNC(=O)C(CC(=O)O)OC(=O)OC(C)(C)C)=CC[C@@]3(O)[C@H]1C5. The van der Waals surface area contributed by atoms with E-state index in [4.69, 9.17) is 24.1 Å². The first-order chi connectivity index (χ1) is 19.7. The molecule has 1 amide bonds. The molecule has 1 fully saturated rings. The number of amides is 1. The molecule has 228 valence electrons. The van der Waals surface area contributed by atoms with Crippen molar-refractivity contribution in [3.05, 3.63) is 35.1 Å². The Morgan fingerprint density at radius 2 is 1.98 bits per heavy atom. The van der Waals surface area contributed by atoms with Crippen molar-refractivity contribution in [3.8, 4) is 11.5 Å². The van der Waals surface area contributed by atoms with Gasteiger partial charge in [-0.05, 0) is 64.9 Å². The lowest BCUT2D eigenvalue weighted by Gasteiger charge is -2.61. The van der Waals surface area contributed by atoms with E-state index in [0.29, 0.717) is 25.1 Å². The highest BCUT2D eigenvalue weighted by molar-refractivity contribution is 5.87.